The monoisotopic (exact) mass is 370 g/mol. The van der Waals surface area contributed by atoms with Crippen LogP contribution >= 0.6 is 11.6 Å². The molecule has 0 unspecified atom stereocenters. The van der Waals surface area contributed by atoms with Gasteiger partial charge in [-0.25, -0.2) is 0 Å². The van der Waals surface area contributed by atoms with Crippen LogP contribution in [0.5, 0.6) is 17.2 Å². The van der Waals surface area contributed by atoms with E-state index >= 15 is 0 Å². The van der Waals surface area contributed by atoms with Gasteiger partial charge in [-0.2, -0.15) is 9.78 Å². The summed E-state index contributed by atoms with van der Waals surface area (Å²) < 4.78 is 12.1. The first-order valence-corrected chi connectivity index (χ1v) is 8.07. The van der Waals surface area contributed by atoms with Crippen molar-refractivity contribution >= 4 is 17.9 Å². The first-order chi connectivity index (χ1) is 12.5. The number of carbonyl (C=O) groups excluding carboxylic acids is 1. The molecule has 0 fully saturated rings. The van der Waals surface area contributed by atoms with Gasteiger partial charge in [0.1, 0.15) is 6.29 Å². The minimum absolute atomic E-state index is 0.0946. The third-order valence-electron chi connectivity index (χ3n) is 3.71. The zero-order valence-corrected chi connectivity index (χ0v) is 14.9. The van der Waals surface area contributed by atoms with Gasteiger partial charge in [0.2, 0.25) is 0 Å². The summed E-state index contributed by atoms with van der Waals surface area (Å²) in [5.41, 5.74) is 1.60. The number of aldehydes is 1. The van der Waals surface area contributed by atoms with Gasteiger partial charge in [-0.3, -0.25) is 9.59 Å². The van der Waals surface area contributed by atoms with Crippen LogP contribution in [0.15, 0.2) is 53.5 Å². The molecule has 0 aliphatic carbocycles. The maximum absolute atomic E-state index is 12.5. The van der Waals surface area contributed by atoms with E-state index < -0.39 is 5.56 Å². The number of nitrogens with zero attached hydrogens (tertiary/aromatic N) is 2. The quantitative estimate of drug-likeness (QED) is 0.639. The molecule has 0 bridgehead atoms. The van der Waals surface area contributed by atoms with Crippen LogP contribution in [-0.4, -0.2) is 23.2 Å². The Morgan fingerprint density at radius 1 is 1.08 bits per heavy atom. The molecule has 7 heteroatoms. The SMILES string of the molecule is COc1cc(C=O)ccc1Oc1cnn(-c2ccc(C)cc2)c(=O)c1Cl. The molecule has 1 aromatic heterocycles. The Labute approximate surface area is 154 Å². The molecule has 0 saturated carbocycles. The summed E-state index contributed by atoms with van der Waals surface area (Å²) in [6.07, 6.45) is 2.06. The summed E-state index contributed by atoms with van der Waals surface area (Å²) in [5, 5.41) is 4.01. The number of benzene rings is 2. The highest BCUT2D eigenvalue weighted by atomic mass is 35.5. The highest BCUT2D eigenvalue weighted by Gasteiger charge is 2.15. The smallest absolute Gasteiger partial charge is 0.294 e. The molecule has 3 rings (SSSR count). The maximum atomic E-state index is 12.5. The topological polar surface area (TPSA) is 70.4 Å². The largest absolute Gasteiger partial charge is 0.493 e. The van der Waals surface area contributed by atoms with Crippen LogP contribution in [0.3, 0.4) is 0 Å². The fraction of sp³-hybridized carbons (Fsp3) is 0.105. The lowest BCUT2D eigenvalue weighted by Gasteiger charge is -2.12. The van der Waals surface area contributed by atoms with Gasteiger partial charge < -0.3 is 9.47 Å². The van der Waals surface area contributed by atoms with Gasteiger partial charge >= 0.3 is 0 Å². The second-order valence-electron chi connectivity index (χ2n) is 5.51. The molecule has 0 saturated heterocycles. The molecule has 6 nitrogen and oxygen atoms in total. The maximum Gasteiger partial charge on any atom is 0.294 e. The summed E-state index contributed by atoms with van der Waals surface area (Å²) in [7, 11) is 1.45. The summed E-state index contributed by atoms with van der Waals surface area (Å²) in [6.45, 7) is 1.95. The Bertz CT molecular complexity index is 1010. The van der Waals surface area contributed by atoms with E-state index in [4.69, 9.17) is 21.1 Å². The Morgan fingerprint density at radius 3 is 2.46 bits per heavy atom. The Kier molecular flexibility index (Phi) is 5.04. The molecule has 0 amide bonds. The number of aromatic nitrogens is 2. The van der Waals surface area contributed by atoms with E-state index in [0.29, 0.717) is 29.0 Å². The van der Waals surface area contributed by atoms with Crippen molar-refractivity contribution in [3.8, 4) is 22.9 Å². The highest BCUT2D eigenvalue weighted by Crippen LogP contribution is 2.33. The van der Waals surface area contributed by atoms with Crippen molar-refractivity contribution in [2.75, 3.05) is 7.11 Å². The number of hydrogen-bond acceptors (Lipinski definition) is 5. The molecular weight excluding hydrogens is 356 g/mol. The van der Waals surface area contributed by atoms with E-state index in [1.165, 1.54) is 24.1 Å². The lowest BCUT2D eigenvalue weighted by Crippen LogP contribution is -2.21. The average Bonchev–Trinajstić information content (AvgIpc) is 2.66. The van der Waals surface area contributed by atoms with Gasteiger partial charge in [-0.05, 0) is 37.3 Å². The number of carbonyl (C=O) groups is 1. The van der Waals surface area contributed by atoms with E-state index in [0.717, 1.165) is 5.56 Å². The van der Waals surface area contributed by atoms with E-state index in [1.807, 2.05) is 19.1 Å². The van der Waals surface area contributed by atoms with Crippen molar-refractivity contribution in [1.29, 1.82) is 0 Å². The molecule has 1 heterocycles. The Balaban J connectivity index is 1.98. The number of hydrogen-bond donors (Lipinski definition) is 0. The van der Waals surface area contributed by atoms with Crippen molar-refractivity contribution in [1.82, 2.24) is 9.78 Å². The van der Waals surface area contributed by atoms with Crippen LogP contribution in [0, 0.1) is 6.92 Å². The first kappa shape index (κ1) is 17.7. The van der Waals surface area contributed by atoms with Crippen molar-refractivity contribution < 1.29 is 14.3 Å². The zero-order chi connectivity index (χ0) is 18.7. The van der Waals surface area contributed by atoms with Crippen LogP contribution < -0.4 is 15.0 Å². The average molecular weight is 371 g/mol. The van der Waals surface area contributed by atoms with Gasteiger partial charge in [0.15, 0.2) is 22.3 Å². The third-order valence-corrected chi connectivity index (χ3v) is 4.06. The predicted molar refractivity (Wildman–Crippen MR) is 98.0 cm³/mol. The van der Waals surface area contributed by atoms with Crippen LogP contribution in [0.2, 0.25) is 5.02 Å². The lowest BCUT2D eigenvalue weighted by atomic mass is 10.2. The number of aryl methyl sites for hydroxylation is 1. The molecule has 3 aromatic rings. The first-order valence-electron chi connectivity index (χ1n) is 7.69. The van der Waals surface area contributed by atoms with Crippen LogP contribution in [0.4, 0.5) is 0 Å². The number of methoxy groups -OCH3 is 1. The van der Waals surface area contributed by atoms with Crippen molar-refractivity contribution in [3.05, 3.63) is 75.2 Å². The normalized spacial score (nSPS) is 10.4. The summed E-state index contributed by atoms with van der Waals surface area (Å²) in [5.74, 6) is 0.750. The summed E-state index contributed by atoms with van der Waals surface area (Å²) in [4.78, 5) is 23.4. The molecule has 0 radical (unpaired) electrons. The van der Waals surface area contributed by atoms with Gasteiger partial charge in [-0.15, -0.1) is 0 Å². The molecule has 0 N–H and O–H groups in total. The van der Waals surface area contributed by atoms with Crippen LogP contribution in [-0.2, 0) is 0 Å². The second-order valence-corrected chi connectivity index (χ2v) is 5.88. The number of halogens is 1. The van der Waals surface area contributed by atoms with E-state index in [-0.39, 0.29) is 10.8 Å². The van der Waals surface area contributed by atoms with E-state index in [9.17, 15) is 9.59 Å². The summed E-state index contributed by atoms with van der Waals surface area (Å²) >= 11 is 6.19. The molecule has 2 aromatic carbocycles. The van der Waals surface area contributed by atoms with Crippen molar-refractivity contribution in [2.24, 2.45) is 0 Å². The molecular formula is C19H15ClN2O4. The lowest BCUT2D eigenvalue weighted by molar-refractivity contribution is 0.112. The highest BCUT2D eigenvalue weighted by molar-refractivity contribution is 6.31. The van der Waals surface area contributed by atoms with Gasteiger partial charge in [0.05, 0.1) is 19.0 Å². The van der Waals surface area contributed by atoms with Crippen LogP contribution in [0.25, 0.3) is 5.69 Å². The molecule has 0 aliphatic rings. The third kappa shape index (κ3) is 3.45. The molecule has 26 heavy (non-hydrogen) atoms. The fourth-order valence-corrected chi connectivity index (χ4v) is 2.49. The van der Waals surface area contributed by atoms with Gasteiger partial charge in [-0.1, -0.05) is 29.3 Å². The van der Waals surface area contributed by atoms with Gasteiger partial charge in [0.25, 0.3) is 5.56 Å². The van der Waals surface area contributed by atoms with Crippen molar-refractivity contribution in [2.45, 2.75) is 6.92 Å². The number of rotatable bonds is 5. The molecule has 132 valence electrons. The fourth-order valence-electron chi connectivity index (χ4n) is 2.32. The minimum Gasteiger partial charge on any atom is -0.493 e. The zero-order valence-electron chi connectivity index (χ0n) is 14.1. The molecule has 0 aliphatic heterocycles. The van der Waals surface area contributed by atoms with E-state index in [2.05, 4.69) is 5.10 Å². The second kappa shape index (κ2) is 7.41. The molecule has 0 atom stereocenters. The predicted octanol–water partition coefficient (Wildman–Crippen LogP) is 3.81. The number of ether oxygens (including phenoxy) is 2. The van der Waals surface area contributed by atoms with E-state index in [1.54, 1.807) is 24.3 Å². The minimum atomic E-state index is -0.503. The van der Waals surface area contributed by atoms with Gasteiger partial charge in [0, 0.05) is 5.56 Å². The van der Waals surface area contributed by atoms with Crippen LogP contribution in [0.1, 0.15) is 15.9 Å². The summed E-state index contributed by atoms with van der Waals surface area (Å²) in [6, 6.07) is 12.0. The van der Waals surface area contributed by atoms with Crippen molar-refractivity contribution in [3.63, 3.8) is 0 Å². The molecule has 0 spiro atoms. The Morgan fingerprint density at radius 2 is 1.81 bits per heavy atom. The standard InChI is InChI=1S/C19H15ClN2O4/c1-12-3-6-14(7-4-12)22-19(24)18(20)17(10-21-22)26-15-8-5-13(11-23)9-16(15)25-2/h3-11H,1-2H3. The Hall–Kier alpha value is -3.12.